The molecule has 0 spiro atoms. The SMILES string of the molecule is CCCN1CCN(CC(N)c2c(F)cccc2F)CC1. The van der Waals surface area contributed by atoms with Crippen molar-refractivity contribution in [2.24, 2.45) is 5.73 Å². The molecular weight excluding hydrogens is 260 g/mol. The molecule has 2 rings (SSSR count). The van der Waals surface area contributed by atoms with E-state index in [0.29, 0.717) is 6.54 Å². The van der Waals surface area contributed by atoms with Gasteiger partial charge in [0.15, 0.2) is 0 Å². The van der Waals surface area contributed by atoms with Crippen LogP contribution in [-0.2, 0) is 0 Å². The van der Waals surface area contributed by atoms with Crippen molar-refractivity contribution in [1.29, 1.82) is 0 Å². The number of hydrogen-bond acceptors (Lipinski definition) is 3. The maximum Gasteiger partial charge on any atom is 0.130 e. The number of piperazine rings is 1. The van der Waals surface area contributed by atoms with E-state index in [0.717, 1.165) is 39.1 Å². The smallest absolute Gasteiger partial charge is 0.130 e. The minimum atomic E-state index is -0.617. The average Bonchev–Trinajstić information content (AvgIpc) is 2.41. The van der Waals surface area contributed by atoms with Crippen LogP contribution in [0.5, 0.6) is 0 Å². The summed E-state index contributed by atoms with van der Waals surface area (Å²) < 4.78 is 27.3. The van der Waals surface area contributed by atoms with Crippen LogP contribution in [0.4, 0.5) is 8.78 Å². The van der Waals surface area contributed by atoms with Crippen molar-refractivity contribution >= 4 is 0 Å². The second-order valence-electron chi connectivity index (χ2n) is 5.38. The fourth-order valence-electron chi connectivity index (χ4n) is 2.75. The molecule has 1 heterocycles. The molecule has 20 heavy (non-hydrogen) atoms. The molecule has 112 valence electrons. The van der Waals surface area contributed by atoms with Gasteiger partial charge in [0.05, 0.1) is 0 Å². The first-order valence-electron chi connectivity index (χ1n) is 7.26. The lowest BCUT2D eigenvalue weighted by Crippen LogP contribution is -2.48. The van der Waals surface area contributed by atoms with Gasteiger partial charge in [-0.2, -0.15) is 0 Å². The van der Waals surface area contributed by atoms with Gasteiger partial charge >= 0.3 is 0 Å². The van der Waals surface area contributed by atoms with E-state index in [2.05, 4.69) is 16.7 Å². The molecule has 0 radical (unpaired) electrons. The summed E-state index contributed by atoms with van der Waals surface area (Å²) in [6.45, 7) is 7.59. The Kier molecular flexibility index (Phi) is 5.46. The normalized spacial score (nSPS) is 19.2. The first kappa shape index (κ1) is 15.4. The Balaban J connectivity index is 1.91. The summed E-state index contributed by atoms with van der Waals surface area (Å²) in [6, 6.07) is 3.27. The molecule has 0 amide bonds. The van der Waals surface area contributed by atoms with E-state index in [1.54, 1.807) is 0 Å². The highest BCUT2D eigenvalue weighted by Crippen LogP contribution is 2.20. The Hall–Kier alpha value is -1.04. The van der Waals surface area contributed by atoms with Gasteiger partial charge in [0.25, 0.3) is 0 Å². The van der Waals surface area contributed by atoms with Crippen LogP contribution in [0.15, 0.2) is 18.2 Å². The Bertz CT molecular complexity index is 411. The van der Waals surface area contributed by atoms with Crippen molar-refractivity contribution in [1.82, 2.24) is 9.80 Å². The number of nitrogens with two attached hydrogens (primary N) is 1. The van der Waals surface area contributed by atoms with Crippen LogP contribution >= 0.6 is 0 Å². The molecule has 0 aliphatic carbocycles. The molecule has 1 unspecified atom stereocenters. The predicted octanol–water partition coefficient (Wildman–Crippen LogP) is 1.99. The minimum Gasteiger partial charge on any atom is -0.323 e. The number of halogens is 2. The maximum atomic E-state index is 13.7. The summed E-state index contributed by atoms with van der Waals surface area (Å²) in [5, 5.41) is 0. The van der Waals surface area contributed by atoms with E-state index in [-0.39, 0.29) is 5.56 Å². The lowest BCUT2D eigenvalue weighted by molar-refractivity contribution is 0.126. The van der Waals surface area contributed by atoms with Crippen molar-refractivity contribution in [2.75, 3.05) is 39.3 Å². The summed E-state index contributed by atoms with van der Waals surface area (Å²) in [5.74, 6) is -1.11. The van der Waals surface area contributed by atoms with Gasteiger partial charge in [0.1, 0.15) is 11.6 Å². The zero-order valence-electron chi connectivity index (χ0n) is 12.0. The second kappa shape index (κ2) is 7.11. The highest BCUT2D eigenvalue weighted by molar-refractivity contribution is 5.23. The maximum absolute atomic E-state index is 13.7. The molecule has 1 aromatic carbocycles. The second-order valence-corrected chi connectivity index (χ2v) is 5.38. The van der Waals surface area contributed by atoms with Crippen molar-refractivity contribution in [3.05, 3.63) is 35.4 Å². The summed E-state index contributed by atoms with van der Waals surface area (Å²) in [6.07, 6.45) is 1.15. The van der Waals surface area contributed by atoms with Gasteiger partial charge in [0.2, 0.25) is 0 Å². The van der Waals surface area contributed by atoms with Crippen LogP contribution in [0, 0.1) is 11.6 Å². The molecule has 1 aliphatic rings. The molecule has 0 saturated carbocycles. The predicted molar refractivity (Wildman–Crippen MR) is 76.5 cm³/mol. The van der Waals surface area contributed by atoms with Gasteiger partial charge in [-0.15, -0.1) is 0 Å². The summed E-state index contributed by atoms with van der Waals surface area (Å²) in [5.41, 5.74) is 5.99. The van der Waals surface area contributed by atoms with E-state index < -0.39 is 17.7 Å². The van der Waals surface area contributed by atoms with Crippen molar-refractivity contribution in [3.8, 4) is 0 Å². The van der Waals surface area contributed by atoms with E-state index in [1.165, 1.54) is 18.2 Å². The largest absolute Gasteiger partial charge is 0.323 e. The van der Waals surface area contributed by atoms with Crippen LogP contribution < -0.4 is 5.73 Å². The van der Waals surface area contributed by atoms with Crippen molar-refractivity contribution < 1.29 is 8.78 Å². The average molecular weight is 283 g/mol. The lowest BCUT2D eigenvalue weighted by Gasteiger charge is -2.35. The van der Waals surface area contributed by atoms with E-state index in [1.807, 2.05) is 0 Å². The molecule has 1 saturated heterocycles. The van der Waals surface area contributed by atoms with Gasteiger partial charge < -0.3 is 10.6 Å². The molecule has 1 aliphatic heterocycles. The first-order valence-corrected chi connectivity index (χ1v) is 7.26. The lowest BCUT2D eigenvalue weighted by atomic mass is 10.1. The highest BCUT2D eigenvalue weighted by atomic mass is 19.1. The fourth-order valence-corrected chi connectivity index (χ4v) is 2.75. The minimum absolute atomic E-state index is 0.00323. The van der Waals surface area contributed by atoms with Gasteiger partial charge in [-0.25, -0.2) is 8.78 Å². The third-order valence-electron chi connectivity index (χ3n) is 3.83. The van der Waals surface area contributed by atoms with E-state index >= 15 is 0 Å². The zero-order chi connectivity index (χ0) is 14.5. The summed E-state index contributed by atoms with van der Waals surface area (Å²) in [7, 11) is 0. The van der Waals surface area contributed by atoms with Crippen LogP contribution in [0.3, 0.4) is 0 Å². The molecule has 0 bridgehead atoms. The quantitative estimate of drug-likeness (QED) is 0.897. The van der Waals surface area contributed by atoms with Gasteiger partial charge in [-0.3, -0.25) is 4.90 Å². The standard InChI is InChI=1S/C15H23F2N3/c1-2-6-19-7-9-20(10-8-19)11-14(18)15-12(16)4-3-5-13(15)17/h3-5,14H,2,6-11,18H2,1H3. The summed E-state index contributed by atoms with van der Waals surface area (Å²) >= 11 is 0. The molecular formula is C15H23F2N3. The van der Waals surface area contributed by atoms with E-state index in [4.69, 9.17) is 5.73 Å². The van der Waals surface area contributed by atoms with Gasteiger partial charge in [-0.05, 0) is 25.1 Å². The number of nitrogens with zero attached hydrogens (tertiary/aromatic N) is 2. The molecule has 1 aromatic rings. The zero-order valence-corrected chi connectivity index (χ0v) is 12.0. The van der Waals surface area contributed by atoms with Crippen LogP contribution in [0.1, 0.15) is 24.9 Å². The Morgan fingerprint density at radius 2 is 1.65 bits per heavy atom. The van der Waals surface area contributed by atoms with Gasteiger partial charge in [0, 0.05) is 44.3 Å². The molecule has 0 aromatic heterocycles. The molecule has 1 fully saturated rings. The molecule has 5 heteroatoms. The Morgan fingerprint density at radius 3 is 2.20 bits per heavy atom. The number of hydrogen-bond donors (Lipinski definition) is 1. The van der Waals surface area contributed by atoms with Gasteiger partial charge in [-0.1, -0.05) is 13.0 Å². The molecule has 2 N–H and O–H groups in total. The number of rotatable bonds is 5. The number of benzene rings is 1. The van der Waals surface area contributed by atoms with Crippen LogP contribution in [0.25, 0.3) is 0 Å². The third kappa shape index (κ3) is 3.75. The molecule has 1 atom stereocenters. The van der Waals surface area contributed by atoms with Crippen molar-refractivity contribution in [2.45, 2.75) is 19.4 Å². The monoisotopic (exact) mass is 283 g/mol. The van der Waals surface area contributed by atoms with Crippen LogP contribution in [0.2, 0.25) is 0 Å². The Morgan fingerprint density at radius 1 is 1.10 bits per heavy atom. The Labute approximate surface area is 119 Å². The third-order valence-corrected chi connectivity index (χ3v) is 3.83. The first-order chi connectivity index (χ1) is 9.61. The fraction of sp³-hybridized carbons (Fsp3) is 0.600. The van der Waals surface area contributed by atoms with Crippen LogP contribution in [-0.4, -0.2) is 49.1 Å². The van der Waals surface area contributed by atoms with E-state index in [9.17, 15) is 8.78 Å². The molecule has 3 nitrogen and oxygen atoms in total. The topological polar surface area (TPSA) is 32.5 Å². The highest BCUT2D eigenvalue weighted by Gasteiger charge is 2.22. The summed E-state index contributed by atoms with van der Waals surface area (Å²) in [4.78, 5) is 4.59. The van der Waals surface area contributed by atoms with Crippen molar-refractivity contribution in [3.63, 3.8) is 0 Å².